The Labute approximate surface area is 135 Å². The Morgan fingerprint density at radius 2 is 2.00 bits per heavy atom. The fourth-order valence-electron chi connectivity index (χ4n) is 2.74. The molecule has 0 saturated heterocycles. The number of esters is 1. The second-order valence-corrected chi connectivity index (χ2v) is 6.05. The van der Waals surface area contributed by atoms with E-state index in [1.165, 1.54) is 7.11 Å². The Morgan fingerprint density at radius 3 is 2.59 bits per heavy atom. The lowest BCUT2D eigenvalue weighted by atomic mass is 9.75. The first-order valence-electron chi connectivity index (χ1n) is 7.30. The summed E-state index contributed by atoms with van der Waals surface area (Å²) in [7, 11) is 1.43. The molecular formula is C18H19NO2S. The lowest BCUT2D eigenvalue weighted by Gasteiger charge is -2.30. The summed E-state index contributed by atoms with van der Waals surface area (Å²) in [5.41, 5.74) is 0.167. The van der Waals surface area contributed by atoms with Crippen molar-refractivity contribution in [2.24, 2.45) is 0 Å². The largest absolute Gasteiger partial charge is 0.468 e. The van der Waals surface area contributed by atoms with E-state index in [4.69, 9.17) is 10.00 Å². The molecule has 0 spiro atoms. The molecule has 2 rings (SSSR count). The van der Waals surface area contributed by atoms with Crippen molar-refractivity contribution < 1.29 is 9.53 Å². The quantitative estimate of drug-likeness (QED) is 0.566. The number of rotatable bonds is 7. The maximum absolute atomic E-state index is 12.7. The van der Waals surface area contributed by atoms with E-state index in [0.29, 0.717) is 12.8 Å². The molecule has 0 radical (unpaired) electrons. The maximum Gasteiger partial charge on any atom is 0.321 e. The van der Waals surface area contributed by atoms with Crippen LogP contribution in [0, 0.1) is 11.3 Å². The van der Waals surface area contributed by atoms with Crippen molar-refractivity contribution in [2.45, 2.75) is 31.1 Å². The zero-order valence-electron chi connectivity index (χ0n) is 12.6. The van der Waals surface area contributed by atoms with Crippen LogP contribution in [-0.2, 0) is 14.9 Å². The van der Waals surface area contributed by atoms with E-state index in [1.54, 1.807) is 11.3 Å². The van der Waals surface area contributed by atoms with Gasteiger partial charge in [-0.2, -0.15) is 5.26 Å². The van der Waals surface area contributed by atoms with Gasteiger partial charge in [-0.05, 0) is 29.9 Å². The van der Waals surface area contributed by atoms with Crippen molar-refractivity contribution in [3.05, 3.63) is 58.3 Å². The van der Waals surface area contributed by atoms with Crippen LogP contribution < -0.4 is 0 Å². The molecule has 1 unspecified atom stereocenters. The van der Waals surface area contributed by atoms with Crippen LogP contribution in [0.1, 0.15) is 36.1 Å². The van der Waals surface area contributed by atoms with E-state index in [0.717, 1.165) is 23.3 Å². The van der Waals surface area contributed by atoms with Crippen LogP contribution in [0.3, 0.4) is 0 Å². The molecule has 0 fully saturated rings. The summed E-state index contributed by atoms with van der Waals surface area (Å²) in [6.45, 7) is 0. The van der Waals surface area contributed by atoms with Gasteiger partial charge in [0.05, 0.1) is 13.2 Å². The molecule has 0 aliphatic rings. The van der Waals surface area contributed by atoms with Crippen LogP contribution in [0.15, 0.2) is 47.8 Å². The predicted octanol–water partition coefficient (Wildman–Crippen LogP) is 4.29. The Morgan fingerprint density at radius 1 is 1.23 bits per heavy atom. The van der Waals surface area contributed by atoms with Gasteiger partial charge in [0, 0.05) is 11.3 Å². The number of hydrogen-bond acceptors (Lipinski definition) is 4. The first kappa shape index (κ1) is 16.3. The molecular weight excluding hydrogens is 294 g/mol. The molecule has 0 amide bonds. The van der Waals surface area contributed by atoms with Gasteiger partial charge in [0.2, 0.25) is 0 Å². The number of methoxy groups -OCH3 is 1. The molecule has 1 atom stereocenters. The molecule has 0 saturated carbocycles. The SMILES string of the molecule is COC(=O)C(CCCCC#N)(c1ccccc1)c1cccs1. The second-order valence-electron chi connectivity index (χ2n) is 5.11. The van der Waals surface area contributed by atoms with E-state index < -0.39 is 5.41 Å². The van der Waals surface area contributed by atoms with Crippen molar-refractivity contribution >= 4 is 17.3 Å². The van der Waals surface area contributed by atoms with Crippen molar-refractivity contribution in [2.75, 3.05) is 7.11 Å². The van der Waals surface area contributed by atoms with E-state index in [1.807, 2.05) is 47.8 Å². The molecule has 3 nitrogen and oxygen atoms in total. The van der Waals surface area contributed by atoms with Gasteiger partial charge in [-0.25, -0.2) is 0 Å². The van der Waals surface area contributed by atoms with Crippen LogP contribution in [-0.4, -0.2) is 13.1 Å². The standard InChI is InChI=1S/C18H19NO2S/c1-21-17(20)18(12-6-3-7-13-19,16-11-8-14-22-16)15-9-4-2-5-10-15/h2,4-5,8-11,14H,3,6-7,12H2,1H3. The number of nitrogens with zero attached hydrogens (tertiary/aromatic N) is 1. The normalized spacial score (nSPS) is 13.1. The summed E-state index contributed by atoms with van der Waals surface area (Å²) in [5.74, 6) is -0.238. The van der Waals surface area contributed by atoms with E-state index in [2.05, 4.69) is 6.07 Å². The van der Waals surface area contributed by atoms with Gasteiger partial charge in [0.25, 0.3) is 0 Å². The first-order valence-corrected chi connectivity index (χ1v) is 8.18. The third-order valence-electron chi connectivity index (χ3n) is 3.83. The van der Waals surface area contributed by atoms with Gasteiger partial charge in [0.1, 0.15) is 5.41 Å². The second kappa shape index (κ2) is 7.77. The highest BCUT2D eigenvalue weighted by atomic mass is 32.1. The van der Waals surface area contributed by atoms with Crippen LogP contribution in [0.25, 0.3) is 0 Å². The molecule has 22 heavy (non-hydrogen) atoms. The molecule has 114 valence electrons. The van der Waals surface area contributed by atoms with Gasteiger partial charge < -0.3 is 4.74 Å². The van der Waals surface area contributed by atoms with Crippen LogP contribution >= 0.6 is 11.3 Å². The van der Waals surface area contributed by atoms with Crippen molar-refractivity contribution in [1.29, 1.82) is 5.26 Å². The number of nitriles is 1. The van der Waals surface area contributed by atoms with Gasteiger partial charge in [-0.15, -0.1) is 11.3 Å². The number of thiophene rings is 1. The summed E-state index contributed by atoms with van der Waals surface area (Å²) < 4.78 is 5.15. The van der Waals surface area contributed by atoms with Crippen LogP contribution in [0.4, 0.5) is 0 Å². The molecule has 0 aliphatic heterocycles. The van der Waals surface area contributed by atoms with Gasteiger partial charge in [-0.3, -0.25) is 4.79 Å². The Hall–Kier alpha value is -2.12. The van der Waals surface area contributed by atoms with Crippen LogP contribution in [0.5, 0.6) is 0 Å². The molecule has 1 aromatic carbocycles. The topological polar surface area (TPSA) is 50.1 Å². The number of benzene rings is 1. The first-order chi connectivity index (χ1) is 10.8. The third-order valence-corrected chi connectivity index (χ3v) is 4.86. The summed E-state index contributed by atoms with van der Waals surface area (Å²) >= 11 is 1.57. The van der Waals surface area contributed by atoms with Crippen molar-refractivity contribution in [1.82, 2.24) is 0 Å². The summed E-state index contributed by atoms with van der Waals surface area (Å²) in [4.78, 5) is 13.7. The van der Waals surface area contributed by atoms with Crippen LogP contribution in [0.2, 0.25) is 0 Å². The molecule has 2 aromatic rings. The van der Waals surface area contributed by atoms with Gasteiger partial charge >= 0.3 is 5.97 Å². The van der Waals surface area contributed by atoms with Gasteiger partial charge in [0.15, 0.2) is 0 Å². The van der Waals surface area contributed by atoms with Crippen molar-refractivity contribution in [3.63, 3.8) is 0 Å². The predicted molar refractivity (Wildman–Crippen MR) is 87.6 cm³/mol. The number of hydrogen-bond donors (Lipinski definition) is 0. The fraction of sp³-hybridized carbons (Fsp3) is 0.333. The number of carbonyl (C=O) groups excluding carboxylic acids is 1. The monoisotopic (exact) mass is 313 g/mol. The molecule has 4 heteroatoms. The number of unbranched alkanes of at least 4 members (excludes halogenated alkanes) is 2. The molecule has 0 bridgehead atoms. The minimum atomic E-state index is -0.778. The van der Waals surface area contributed by atoms with E-state index in [-0.39, 0.29) is 5.97 Å². The lowest BCUT2D eigenvalue weighted by molar-refractivity contribution is -0.146. The fourth-order valence-corrected chi connectivity index (χ4v) is 3.71. The average molecular weight is 313 g/mol. The summed E-state index contributed by atoms with van der Waals surface area (Å²) in [6.07, 6.45) is 2.74. The molecule has 0 N–H and O–H groups in total. The minimum absolute atomic E-state index is 0.238. The maximum atomic E-state index is 12.7. The number of ether oxygens (including phenoxy) is 1. The van der Waals surface area contributed by atoms with E-state index in [9.17, 15) is 4.79 Å². The number of carbonyl (C=O) groups is 1. The Bertz CT molecular complexity index is 631. The molecule has 0 aliphatic carbocycles. The molecule has 1 aromatic heterocycles. The third kappa shape index (κ3) is 3.20. The summed E-state index contributed by atoms with van der Waals surface area (Å²) in [6, 6.07) is 15.9. The van der Waals surface area contributed by atoms with E-state index >= 15 is 0 Å². The smallest absolute Gasteiger partial charge is 0.321 e. The Kier molecular flexibility index (Phi) is 5.74. The zero-order chi connectivity index (χ0) is 15.8. The lowest BCUT2D eigenvalue weighted by Crippen LogP contribution is -2.37. The zero-order valence-corrected chi connectivity index (χ0v) is 13.4. The van der Waals surface area contributed by atoms with Gasteiger partial charge in [-0.1, -0.05) is 42.8 Å². The molecule has 1 heterocycles. The highest BCUT2D eigenvalue weighted by Crippen LogP contribution is 2.40. The highest BCUT2D eigenvalue weighted by Gasteiger charge is 2.43. The van der Waals surface area contributed by atoms with Crippen molar-refractivity contribution in [3.8, 4) is 6.07 Å². The average Bonchev–Trinajstić information content (AvgIpc) is 3.10. The Balaban J connectivity index is 2.45. The minimum Gasteiger partial charge on any atom is -0.468 e. The highest BCUT2D eigenvalue weighted by molar-refractivity contribution is 7.10. The summed E-state index contributed by atoms with van der Waals surface area (Å²) in [5, 5.41) is 10.7.